The van der Waals surface area contributed by atoms with E-state index in [0.29, 0.717) is 46.7 Å². The molecule has 0 unspecified atom stereocenters. The van der Waals surface area contributed by atoms with Crippen molar-refractivity contribution in [2.24, 2.45) is 0 Å². The van der Waals surface area contributed by atoms with Crippen LogP contribution in [0.1, 0.15) is 18.4 Å². The van der Waals surface area contributed by atoms with Gasteiger partial charge in [0.1, 0.15) is 0 Å². The van der Waals surface area contributed by atoms with Crippen molar-refractivity contribution in [1.29, 1.82) is 0 Å². The number of carbonyl (C=O) groups excluding carboxylic acids is 4. The van der Waals surface area contributed by atoms with Crippen molar-refractivity contribution >= 4 is 46.7 Å². The van der Waals surface area contributed by atoms with E-state index in [1.807, 2.05) is 0 Å². The number of fused-ring (bicyclic) bond motifs is 1. The molecule has 2 aliphatic rings. The number of hydrogen-bond donors (Lipinski definition) is 3. The molecule has 0 spiro atoms. The molecule has 5 amide bonds. The van der Waals surface area contributed by atoms with Crippen LogP contribution >= 0.6 is 11.6 Å². The lowest BCUT2D eigenvalue weighted by Gasteiger charge is -2.13. The van der Waals surface area contributed by atoms with Crippen LogP contribution in [-0.4, -0.2) is 55.0 Å². The molecule has 4 rings (SSSR count). The highest BCUT2D eigenvalue weighted by Gasteiger charge is 2.28. The molecule has 178 valence electrons. The number of hydrogen-bond acceptors (Lipinski definition) is 6. The first-order chi connectivity index (χ1) is 16.4. The fourth-order valence-electron chi connectivity index (χ4n) is 3.53. The predicted octanol–water partition coefficient (Wildman–Crippen LogP) is 2.56. The summed E-state index contributed by atoms with van der Waals surface area (Å²) in [5.41, 5.74) is 1.78. The molecular weight excluding hydrogens is 464 g/mol. The molecule has 2 aromatic rings. The Bertz CT molecular complexity index is 1110. The Kier molecular flexibility index (Phi) is 7.17. The van der Waals surface area contributed by atoms with Gasteiger partial charge in [0.25, 0.3) is 0 Å². The molecule has 0 saturated carbocycles. The van der Waals surface area contributed by atoms with Crippen LogP contribution in [0.2, 0.25) is 5.02 Å². The second-order valence-electron chi connectivity index (χ2n) is 7.76. The summed E-state index contributed by atoms with van der Waals surface area (Å²) in [6, 6.07) is 9.55. The molecule has 1 saturated heterocycles. The molecule has 2 aromatic carbocycles. The van der Waals surface area contributed by atoms with E-state index in [4.69, 9.17) is 21.1 Å². The number of urea groups is 1. The lowest BCUT2D eigenvalue weighted by atomic mass is 10.1. The molecule has 2 aliphatic heterocycles. The van der Waals surface area contributed by atoms with E-state index in [0.717, 1.165) is 11.3 Å². The monoisotopic (exact) mass is 486 g/mol. The normalized spacial score (nSPS) is 14.9. The quantitative estimate of drug-likeness (QED) is 0.516. The Morgan fingerprint density at radius 3 is 2.35 bits per heavy atom. The molecule has 0 bridgehead atoms. The summed E-state index contributed by atoms with van der Waals surface area (Å²) in [5, 5.41) is 8.30. The highest BCUT2D eigenvalue weighted by Crippen LogP contribution is 2.38. The zero-order valence-corrected chi connectivity index (χ0v) is 18.9. The number of halogens is 1. The molecule has 0 radical (unpaired) electrons. The van der Waals surface area contributed by atoms with Crippen molar-refractivity contribution < 1.29 is 28.7 Å². The summed E-state index contributed by atoms with van der Waals surface area (Å²) in [7, 11) is 0. The number of ether oxygens (including phenoxy) is 2. The lowest BCUT2D eigenvalue weighted by Crippen LogP contribution is -2.33. The van der Waals surface area contributed by atoms with Crippen LogP contribution < -0.4 is 25.4 Å². The number of imide groups is 1. The van der Waals surface area contributed by atoms with Gasteiger partial charge in [-0.3, -0.25) is 19.3 Å². The first-order valence-electron chi connectivity index (χ1n) is 10.7. The summed E-state index contributed by atoms with van der Waals surface area (Å²) in [6.45, 7) is 1.01. The maximum Gasteiger partial charge on any atom is 0.324 e. The minimum Gasteiger partial charge on any atom is -0.489 e. The van der Waals surface area contributed by atoms with Crippen LogP contribution in [0.25, 0.3) is 0 Å². The van der Waals surface area contributed by atoms with Gasteiger partial charge in [-0.15, -0.1) is 0 Å². The van der Waals surface area contributed by atoms with Gasteiger partial charge < -0.3 is 25.4 Å². The highest BCUT2D eigenvalue weighted by atomic mass is 35.5. The third-order valence-electron chi connectivity index (χ3n) is 5.18. The summed E-state index contributed by atoms with van der Waals surface area (Å²) < 4.78 is 11.3. The highest BCUT2D eigenvalue weighted by molar-refractivity contribution is 6.32. The number of carbonyl (C=O) groups is 4. The molecule has 2 heterocycles. The molecule has 0 aromatic heterocycles. The summed E-state index contributed by atoms with van der Waals surface area (Å²) >= 11 is 6.29. The largest absolute Gasteiger partial charge is 0.489 e. The Morgan fingerprint density at radius 2 is 1.68 bits per heavy atom. The smallest absolute Gasteiger partial charge is 0.324 e. The van der Waals surface area contributed by atoms with Gasteiger partial charge in [0.2, 0.25) is 17.7 Å². The maximum atomic E-state index is 12.5. The van der Waals surface area contributed by atoms with E-state index >= 15 is 0 Å². The van der Waals surface area contributed by atoms with Gasteiger partial charge in [0.15, 0.2) is 11.5 Å². The van der Waals surface area contributed by atoms with E-state index in [1.165, 1.54) is 0 Å². The first kappa shape index (κ1) is 23.4. The summed E-state index contributed by atoms with van der Waals surface area (Å²) in [6.07, 6.45) is 0.833. The molecule has 3 N–H and O–H groups in total. The van der Waals surface area contributed by atoms with Crippen LogP contribution in [0.5, 0.6) is 11.5 Å². The van der Waals surface area contributed by atoms with Crippen molar-refractivity contribution in [2.45, 2.75) is 19.3 Å². The van der Waals surface area contributed by atoms with E-state index in [-0.39, 0.29) is 43.7 Å². The molecule has 34 heavy (non-hydrogen) atoms. The second-order valence-corrected chi connectivity index (χ2v) is 8.17. The van der Waals surface area contributed by atoms with E-state index in [2.05, 4.69) is 16.0 Å². The number of benzene rings is 2. The summed E-state index contributed by atoms with van der Waals surface area (Å²) in [4.78, 5) is 48.7. The van der Waals surface area contributed by atoms with Crippen LogP contribution in [0.4, 0.5) is 16.2 Å². The molecule has 11 heteroatoms. The van der Waals surface area contributed by atoms with E-state index in [1.54, 1.807) is 36.4 Å². The third-order valence-corrected chi connectivity index (χ3v) is 5.46. The zero-order valence-electron chi connectivity index (χ0n) is 18.2. The van der Waals surface area contributed by atoms with Gasteiger partial charge in [-0.25, -0.2) is 4.79 Å². The number of nitrogens with zero attached hydrogens (tertiary/aromatic N) is 1. The van der Waals surface area contributed by atoms with Crippen LogP contribution in [0, 0.1) is 0 Å². The topological polar surface area (TPSA) is 126 Å². The number of anilines is 2. The Labute approximate surface area is 200 Å². The van der Waals surface area contributed by atoms with Gasteiger partial charge in [-0.2, -0.15) is 0 Å². The lowest BCUT2D eigenvalue weighted by molar-refractivity contribution is -0.125. The molecular formula is C23H23ClN4O6. The van der Waals surface area contributed by atoms with Crippen LogP contribution in [0.3, 0.4) is 0 Å². The van der Waals surface area contributed by atoms with Crippen LogP contribution in [0.15, 0.2) is 36.4 Å². The van der Waals surface area contributed by atoms with Gasteiger partial charge in [0.05, 0.1) is 31.2 Å². The maximum absolute atomic E-state index is 12.5. The Balaban J connectivity index is 1.28. The third kappa shape index (κ3) is 5.76. The van der Waals surface area contributed by atoms with Crippen LogP contribution in [-0.2, 0) is 20.8 Å². The zero-order chi connectivity index (χ0) is 24.1. The second kappa shape index (κ2) is 10.4. The first-order valence-corrected chi connectivity index (χ1v) is 11.1. The molecule has 1 fully saturated rings. The van der Waals surface area contributed by atoms with Crippen molar-refractivity contribution in [3.05, 3.63) is 47.0 Å². The van der Waals surface area contributed by atoms with E-state index < -0.39 is 6.03 Å². The minimum atomic E-state index is -0.494. The molecule has 0 atom stereocenters. The Morgan fingerprint density at radius 1 is 1.00 bits per heavy atom. The number of nitrogens with one attached hydrogen (secondary N) is 3. The van der Waals surface area contributed by atoms with Gasteiger partial charge >= 0.3 is 6.03 Å². The standard InChI is InChI=1S/C23H23ClN4O6/c24-17-10-14(11-18-22(17)34-9-1-8-33-18)12-20(30)27-16-4-2-15(3-5-16)26-19(29)6-7-28-21(31)13-25-23(28)32/h2-5,10-11H,1,6-9,12-13H2,(H,25,32)(H,26,29)(H,27,30). The van der Waals surface area contributed by atoms with Gasteiger partial charge in [-0.05, 0) is 42.0 Å². The SMILES string of the molecule is O=C(CCN1C(=O)CNC1=O)Nc1ccc(NC(=O)Cc2cc(Cl)c3c(c2)OCCCO3)cc1. The summed E-state index contributed by atoms with van der Waals surface area (Å²) in [5.74, 6) is 0.0947. The fourth-order valence-corrected chi connectivity index (χ4v) is 3.82. The van der Waals surface area contributed by atoms with E-state index in [9.17, 15) is 19.2 Å². The van der Waals surface area contributed by atoms with Gasteiger partial charge in [0, 0.05) is 30.8 Å². The molecule has 10 nitrogen and oxygen atoms in total. The average Bonchev–Trinajstić information content (AvgIpc) is 2.97. The molecule has 0 aliphatic carbocycles. The average molecular weight is 487 g/mol. The predicted molar refractivity (Wildman–Crippen MR) is 124 cm³/mol. The number of amides is 5. The van der Waals surface area contributed by atoms with Crippen molar-refractivity contribution in [3.63, 3.8) is 0 Å². The number of rotatable bonds is 7. The minimum absolute atomic E-state index is 0.00845. The van der Waals surface area contributed by atoms with Crippen molar-refractivity contribution in [2.75, 3.05) is 36.9 Å². The van der Waals surface area contributed by atoms with Crippen molar-refractivity contribution in [1.82, 2.24) is 10.2 Å². The van der Waals surface area contributed by atoms with Crippen molar-refractivity contribution in [3.8, 4) is 11.5 Å². The Hall–Kier alpha value is -3.79. The van der Waals surface area contributed by atoms with Gasteiger partial charge in [-0.1, -0.05) is 11.6 Å². The fraction of sp³-hybridized carbons (Fsp3) is 0.304.